The molecular formula is C20H18O. The number of ether oxygens (including phenoxy) is 1. The normalized spacial score (nSPS) is 43.2. The van der Waals surface area contributed by atoms with Crippen molar-refractivity contribution in [2.75, 3.05) is 0 Å². The van der Waals surface area contributed by atoms with E-state index in [1.807, 2.05) is 0 Å². The monoisotopic (exact) mass is 274 g/mol. The highest BCUT2D eigenvalue weighted by Crippen LogP contribution is 2.84. The van der Waals surface area contributed by atoms with Gasteiger partial charge in [0.1, 0.15) is 5.60 Å². The van der Waals surface area contributed by atoms with Gasteiger partial charge in [-0.15, -0.1) is 0 Å². The van der Waals surface area contributed by atoms with Gasteiger partial charge in [0.25, 0.3) is 0 Å². The van der Waals surface area contributed by atoms with Crippen LogP contribution in [0, 0.1) is 29.6 Å². The van der Waals surface area contributed by atoms with Crippen LogP contribution in [-0.2, 0) is 10.3 Å². The first-order chi connectivity index (χ1) is 10.4. The topological polar surface area (TPSA) is 9.23 Å². The maximum absolute atomic E-state index is 6.67. The summed E-state index contributed by atoms with van der Waals surface area (Å²) in [7, 11) is 0. The van der Waals surface area contributed by atoms with Gasteiger partial charge in [0.15, 0.2) is 0 Å². The van der Waals surface area contributed by atoms with Gasteiger partial charge in [-0.3, -0.25) is 0 Å². The second-order valence-corrected chi connectivity index (χ2v) is 7.29. The van der Waals surface area contributed by atoms with Gasteiger partial charge in [-0.1, -0.05) is 60.7 Å². The Kier molecular flexibility index (Phi) is 1.79. The summed E-state index contributed by atoms with van der Waals surface area (Å²) in [5.41, 5.74) is 2.51. The summed E-state index contributed by atoms with van der Waals surface area (Å²) in [6.45, 7) is 0. The zero-order valence-corrected chi connectivity index (χ0v) is 11.9. The molecule has 6 rings (SSSR count). The lowest BCUT2D eigenvalue weighted by atomic mass is 9.60. The second kappa shape index (κ2) is 3.41. The predicted molar refractivity (Wildman–Crippen MR) is 80.6 cm³/mol. The SMILES string of the molecule is c1ccc(C2(c3ccccc3)OC3C4C5C(CC32)C54)cc1. The molecule has 1 heteroatoms. The number of rotatable bonds is 2. The molecule has 3 saturated carbocycles. The molecule has 4 fully saturated rings. The molecule has 0 bridgehead atoms. The molecule has 0 N–H and O–H groups in total. The van der Waals surface area contributed by atoms with E-state index in [1.54, 1.807) is 0 Å². The average molecular weight is 274 g/mol. The molecule has 104 valence electrons. The Morgan fingerprint density at radius 3 is 1.86 bits per heavy atom. The fraction of sp³-hybridized carbons (Fsp3) is 0.400. The number of benzene rings is 2. The van der Waals surface area contributed by atoms with Crippen molar-refractivity contribution >= 4 is 0 Å². The molecule has 1 heterocycles. The molecule has 2 aromatic carbocycles. The molecule has 1 aliphatic heterocycles. The number of hydrogen-bond acceptors (Lipinski definition) is 1. The van der Waals surface area contributed by atoms with Gasteiger partial charge in [-0.2, -0.15) is 0 Å². The van der Waals surface area contributed by atoms with E-state index in [2.05, 4.69) is 60.7 Å². The van der Waals surface area contributed by atoms with E-state index >= 15 is 0 Å². The van der Waals surface area contributed by atoms with Crippen LogP contribution in [0.2, 0.25) is 0 Å². The van der Waals surface area contributed by atoms with Crippen LogP contribution in [0.1, 0.15) is 17.5 Å². The molecule has 1 saturated heterocycles. The molecule has 0 radical (unpaired) electrons. The average Bonchev–Trinajstić information content (AvgIpc) is 3.42. The minimum absolute atomic E-state index is 0.177. The van der Waals surface area contributed by atoms with Crippen LogP contribution in [0.25, 0.3) is 0 Å². The molecule has 4 unspecified atom stereocenters. The Labute approximate surface area is 124 Å². The summed E-state index contributed by atoms with van der Waals surface area (Å²) in [6, 6.07) is 21.8. The van der Waals surface area contributed by atoms with E-state index in [1.165, 1.54) is 17.5 Å². The van der Waals surface area contributed by atoms with Crippen LogP contribution in [-0.4, -0.2) is 6.10 Å². The summed E-state index contributed by atoms with van der Waals surface area (Å²) < 4.78 is 6.67. The van der Waals surface area contributed by atoms with Crippen molar-refractivity contribution in [1.29, 1.82) is 0 Å². The van der Waals surface area contributed by atoms with Crippen LogP contribution in [0.3, 0.4) is 0 Å². The Hall–Kier alpha value is -1.60. The van der Waals surface area contributed by atoms with Crippen molar-refractivity contribution < 1.29 is 4.74 Å². The summed E-state index contributed by atoms with van der Waals surface area (Å²) in [6.07, 6.45) is 1.91. The van der Waals surface area contributed by atoms with Crippen molar-refractivity contribution in [2.24, 2.45) is 29.6 Å². The van der Waals surface area contributed by atoms with Gasteiger partial charge in [0, 0.05) is 5.92 Å². The van der Waals surface area contributed by atoms with Gasteiger partial charge < -0.3 is 4.74 Å². The number of hydrogen-bond donors (Lipinski definition) is 0. The Morgan fingerprint density at radius 1 is 0.762 bits per heavy atom. The highest BCUT2D eigenvalue weighted by Gasteiger charge is 2.83. The molecular weight excluding hydrogens is 256 g/mol. The standard InChI is InChI=1S/C20H18O/c1-3-7-12(8-4-1)20(13-9-5-2-6-10-13)15-11-14-16-17(14)18(16)19(15)21-20/h1-10,14-19H,11H2. The molecule has 21 heavy (non-hydrogen) atoms. The Balaban J connectivity index is 1.50. The third-order valence-corrected chi connectivity index (χ3v) is 6.59. The van der Waals surface area contributed by atoms with Crippen molar-refractivity contribution in [3.05, 3.63) is 71.8 Å². The number of fused-ring (bicyclic) bond motifs is 4. The van der Waals surface area contributed by atoms with Crippen LogP contribution in [0.4, 0.5) is 0 Å². The fourth-order valence-electron chi connectivity index (χ4n) is 5.58. The molecule has 3 aliphatic carbocycles. The molecule has 0 spiro atoms. The van der Waals surface area contributed by atoms with E-state index in [9.17, 15) is 0 Å². The summed E-state index contributed by atoms with van der Waals surface area (Å²) in [4.78, 5) is 0. The van der Waals surface area contributed by atoms with E-state index in [0.717, 1.165) is 23.7 Å². The van der Waals surface area contributed by atoms with Crippen molar-refractivity contribution in [2.45, 2.75) is 18.1 Å². The van der Waals surface area contributed by atoms with E-state index in [-0.39, 0.29) is 5.60 Å². The van der Waals surface area contributed by atoms with E-state index in [0.29, 0.717) is 12.0 Å². The minimum atomic E-state index is -0.177. The lowest BCUT2D eigenvalue weighted by Crippen LogP contribution is -2.62. The lowest BCUT2D eigenvalue weighted by molar-refractivity contribution is -0.280. The highest BCUT2D eigenvalue weighted by molar-refractivity contribution is 5.44. The van der Waals surface area contributed by atoms with Gasteiger partial charge in [-0.05, 0) is 41.2 Å². The summed E-state index contributed by atoms with van der Waals surface area (Å²) in [5, 5.41) is 0. The fourth-order valence-corrected chi connectivity index (χ4v) is 5.58. The van der Waals surface area contributed by atoms with Crippen molar-refractivity contribution in [1.82, 2.24) is 0 Å². The van der Waals surface area contributed by atoms with Crippen LogP contribution >= 0.6 is 0 Å². The Morgan fingerprint density at radius 2 is 1.33 bits per heavy atom. The highest BCUT2D eigenvalue weighted by atomic mass is 16.5. The van der Waals surface area contributed by atoms with Gasteiger partial charge >= 0.3 is 0 Å². The molecule has 0 aromatic heterocycles. The first-order valence-electron chi connectivity index (χ1n) is 8.20. The first kappa shape index (κ1) is 11.0. The molecule has 4 atom stereocenters. The zero-order chi connectivity index (χ0) is 13.6. The van der Waals surface area contributed by atoms with E-state index in [4.69, 9.17) is 4.74 Å². The minimum Gasteiger partial charge on any atom is -0.361 e. The molecule has 0 amide bonds. The second-order valence-electron chi connectivity index (χ2n) is 7.29. The zero-order valence-electron chi connectivity index (χ0n) is 11.9. The quantitative estimate of drug-likeness (QED) is 0.808. The maximum atomic E-state index is 6.67. The third-order valence-electron chi connectivity index (χ3n) is 6.59. The van der Waals surface area contributed by atoms with Crippen molar-refractivity contribution in [3.8, 4) is 0 Å². The largest absolute Gasteiger partial charge is 0.361 e. The first-order valence-corrected chi connectivity index (χ1v) is 8.20. The summed E-state index contributed by atoms with van der Waals surface area (Å²) >= 11 is 0. The van der Waals surface area contributed by atoms with Crippen LogP contribution in [0.5, 0.6) is 0 Å². The van der Waals surface area contributed by atoms with Crippen LogP contribution < -0.4 is 0 Å². The maximum Gasteiger partial charge on any atom is 0.124 e. The third kappa shape index (κ3) is 1.16. The predicted octanol–water partition coefficient (Wildman–Crippen LogP) is 3.84. The molecule has 2 aromatic rings. The van der Waals surface area contributed by atoms with E-state index < -0.39 is 0 Å². The van der Waals surface area contributed by atoms with Gasteiger partial charge in [0.05, 0.1) is 6.10 Å². The van der Waals surface area contributed by atoms with Crippen LogP contribution in [0.15, 0.2) is 60.7 Å². The lowest BCUT2D eigenvalue weighted by Gasteiger charge is -2.60. The van der Waals surface area contributed by atoms with Gasteiger partial charge in [-0.25, -0.2) is 0 Å². The Bertz CT molecular complexity index is 658. The smallest absolute Gasteiger partial charge is 0.124 e. The summed E-state index contributed by atoms with van der Waals surface area (Å²) in [5.74, 6) is 4.74. The molecule has 4 aliphatic rings. The van der Waals surface area contributed by atoms with Crippen molar-refractivity contribution in [3.63, 3.8) is 0 Å². The molecule has 1 nitrogen and oxygen atoms in total. The van der Waals surface area contributed by atoms with Gasteiger partial charge in [0.2, 0.25) is 0 Å².